The zero-order valence-corrected chi connectivity index (χ0v) is 15.2. The van der Waals surface area contributed by atoms with Gasteiger partial charge in [-0.2, -0.15) is 4.31 Å². The summed E-state index contributed by atoms with van der Waals surface area (Å²) in [6.07, 6.45) is 0.231. The average molecular weight is 397 g/mol. The Balaban J connectivity index is 2.37. The number of carbonyl (C=O) groups excluding carboxylic acids is 1. The normalized spacial score (nSPS) is 15.8. The Kier molecular flexibility index (Phi) is 4.65. The highest BCUT2D eigenvalue weighted by atomic mass is 79.9. The molecule has 1 saturated carbocycles. The Bertz CT molecular complexity index is 632. The topological polar surface area (TPSA) is 76.6 Å². The minimum Gasteiger partial charge on any atom is -0.443 e. The lowest BCUT2D eigenvalue weighted by Gasteiger charge is -2.25. The number of rotatable bonds is 4. The van der Waals surface area contributed by atoms with Crippen LogP contribution in [0.2, 0.25) is 0 Å². The van der Waals surface area contributed by atoms with E-state index in [0.29, 0.717) is 27.5 Å². The van der Waals surface area contributed by atoms with Crippen LogP contribution in [0.1, 0.15) is 38.6 Å². The summed E-state index contributed by atoms with van der Waals surface area (Å²) in [6, 6.07) is 0. The van der Waals surface area contributed by atoms with Crippen LogP contribution in [0.3, 0.4) is 0 Å². The highest BCUT2D eigenvalue weighted by Crippen LogP contribution is 2.35. The van der Waals surface area contributed by atoms with Gasteiger partial charge in [-0.25, -0.2) is 18.2 Å². The molecule has 1 aromatic heterocycles. The van der Waals surface area contributed by atoms with E-state index in [1.54, 1.807) is 26.2 Å². The summed E-state index contributed by atoms with van der Waals surface area (Å²) >= 11 is 4.55. The van der Waals surface area contributed by atoms with Crippen molar-refractivity contribution in [3.05, 3.63) is 10.4 Å². The number of aromatic nitrogens is 1. The summed E-state index contributed by atoms with van der Waals surface area (Å²) in [5.41, 5.74) is -0.775. The van der Waals surface area contributed by atoms with E-state index in [1.807, 2.05) is 0 Å². The quantitative estimate of drug-likeness (QED) is 0.729. The van der Waals surface area contributed by atoms with Crippen molar-refractivity contribution in [1.82, 2.24) is 4.98 Å². The molecule has 1 fully saturated rings. The number of alkyl halides is 1. The number of hydrogen-bond donors (Lipinski definition) is 0. The maximum atomic E-state index is 12.5. The van der Waals surface area contributed by atoms with Gasteiger partial charge in [0.1, 0.15) is 10.6 Å². The molecule has 0 aromatic carbocycles. The van der Waals surface area contributed by atoms with Gasteiger partial charge >= 0.3 is 6.09 Å². The molecule has 0 radical (unpaired) electrons. The second-order valence-electron chi connectivity index (χ2n) is 5.72. The van der Waals surface area contributed by atoms with Crippen molar-refractivity contribution in [1.29, 1.82) is 0 Å². The smallest absolute Gasteiger partial charge is 0.430 e. The number of carbonyl (C=O) groups is 1. The molecule has 1 aliphatic carbocycles. The van der Waals surface area contributed by atoms with E-state index < -0.39 is 27.0 Å². The number of amides is 1. The van der Waals surface area contributed by atoms with Gasteiger partial charge in [0.15, 0.2) is 5.82 Å². The summed E-state index contributed by atoms with van der Waals surface area (Å²) in [6.45, 7) is 5.08. The lowest BCUT2D eigenvalue weighted by molar-refractivity contribution is 0.0608. The fourth-order valence-corrected chi connectivity index (χ4v) is 4.43. The molecule has 0 unspecified atom stereocenters. The van der Waals surface area contributed by atoms with E-state index in [9.17, 15) is 13.2 Å². The van der Waals surface area contributed by atoms with E-state index >= 15 is 0 Å². The summed E-state index contributed by atoms with van der Waals surface area (Å²) in [5, 5.41) is 2.24. The highest BCUT2D eigenvalue weighted by molar-refractivity contribution is 9.08. The van der Waals surface area contributed by atoms with Crippen molar-refractivity contribution in [2.24, 2.45) is 0 Å². The number of halogens is 1. The molecular formula is C12H17BrN2O4S2. The average Bonchev–Trinajstić information content (AvgIpc) is 3.09. The largest absolute Gasteiger partial charge is 0.443 e. The lowest BCUT2D eigenvalue weighted by Crippen LogP contribution is -2.42. The summed E-state index contributed by atoms with van der Waals surface area (Å²) in [7, 11) is -3.76. The van der Waals surface area contributed by atoms with Crippen LogP contribution in [0.4, 0.5) is 10.6 Å². The second kappa shape index (κ2) is 5.85. The Morgan fingerprint density at radius 1 is 1.52 bits per heavy atom. The molecular weight excluding hydrogens is 380 g/mol. The molecule has 1 amide bonds. The first-order chi connectivity index (χ1) is 9.65. The Hall–Kier alpha value is -0.670. The van der Waals surface area contributed by atoms with Crippen LogP contribution in [0.25, 0.3) is 0 Å². The third kappa shape index (κ3) is 3.95. The molecule has 0 aliphatic heterocycles. The van der Waals surface area contributed by atoms with E-state index in [2.05, 4.69) is 20.9 Å². The van der Waals surface area contributed by atoms with Crippen LogP contribution < -0.4 is 4.31 Å². The standard InChI is InChI=1S/C12H17BrN2O4S2/c1-12(2,3)19-11(16)15(21(17,18)8-4-5-8)9-7-20-10(6-13)14-9/h7-8H,4-6H2,1-3H3. The number of thiazole rings is 1. The third-order valence-corrected chi connectivity index (χ3v) is 6.52. The van der Waals surface area contributed by atoms with Gasteiger partial charge in [-0.1, -0.05) is 15.9 Å². The molecule has 0 atom stereocenters. The van der Waals surface area contributed by atoms with Crippen LogP contribution in [0, 0.1) is 0 Å². The summed E-state index contributed by atoms with van der Waals surface area (Å²) in [4.78, 5) is 16.5. The number of ether oxygens (including phenoxy) is 1. The van der Waals surface area contributed by atoms with Gasteiger partial charge in [0, 0.05) is 5.38 Å². The van der Waals surface area contributed by atoms with E-state index in [0.717, 1.165) is 0 Å². The third-order valence-electron chi connectivity index (χ3n) is 2.62. The lowest BCUT2D eigenvalue weighted by atomic mass is 10.2. The number of sulfonamides is 1. The molecule has 1 aromatic rings. The molecule has 2 rings (SSSR count). The van der Waals surface area contributed by atoms with Crippen molar-refractivity contribution in [2.75, 3.05) is 4.31 Å². The Morgan fingerprint density at radius 2 is 2.14 bits per heavy atom. The van der Waals surface area contributed by atoms with Gasteiger partial charge in [0.2, 0.25) is 10.0 Å². The maximum absolute atomic E-state index is 12.5. The molecule has 0 saturated heterocycles. The minimum atomic E-state index is -3.76. The van der Waals surface area contributed by atoms with Crippen LogP contribution in [-0.2, 0) is 20.1 Å². The Labute approximate surface area is 136 Å². The van der Waals surface area contributed by atoms with Gasteiger partial charge in [-0.3, -0.25) is 0 Å². The van der Waals surface area contributed by atoms with Crippen LogP contribution in [0.5, 0.6) is 0 Å². The molecule has 1 aliphatic rings. The van der Waals surface area contributed by atoms with Gasteiger partial charge in [-0.15, -0.1) is 11.3 Å². The van der Waals surface area contributed by atoms with Gasteiger partial charge in [-0.05, 0) is 33.6 Å². The van der Waals surface area contributed by atoms with Crippen molar-refractivity contribution in [3.8, 4) is 0 Å². The molecule has 0 N–H and O–H groups in total. The monoisotopic (exact) mass is 396 g/mol. The number of anilines is 1. The predicted octanol–water partition coefficient (Wildman–Crippen LogP) is 3.27. The van der Waals surface area contributed by atoms with Crippen molar-refractivity contribution in [2.45, 2.75) is 49.8 Å². The second-order valence-corrected chi connectivity index (χ2v) is 9.29. The highest BCUT2D eigenvalue weighted by Gasteiger charge is 2.45. The van der Waals surface area contributed by atoms with E-state index in [1.165, 1.54) is 11.3 Å². The van der Waals surface area contributed by atoms with Gasteiger partial charge in [0.05, 0.1) is 10.6 Å². The summed E-state index contributed by atoms with van der Waals surface area (Å²) < 4.78 is 30.9. The Morgan fingerprint density at radius 3 is 2.57 bits per heavy atom. The first-order valence-electron chi connectivity index (χ1n) is 6.42. The number of hydrogen-bond acceptors (Lipinski definition) is 6. The fourth-order valence-electron chi connectivity index (χ4n) is 1.60. The van der Waals surface area contributed by atoms with Gasteiger partial charge < -0.3 is 4.74 Å². The zero-order valence-electron chi connectivity index (χ0n) is 12.0. The van der Waals surface area contributed by atoms with Crippen molar-refractivity contribution < 1.29 is 17.9 Å². The van der Waals surface area contributed by atoms with Gasteiger partial charge in [0.25, 0.3) is 0 Å². The predicted molar refractivity (Wildman–Crippen MR) is 85.4 cm³/mol. The van der Waals surface area contributed by atoms with Crippen molar-refractivity contribution in [3.63, 3.8) is 0 Å². The minimum absolute atomic E-state index is 0.107. The number of nitrogens with zero attached hydrogens (tertiary/aromatic N) is 2. The molecule has 1 heterocycles. The van der Waals surface area contributed by atoms with E-state index in [-0.39, 0.29) is 5.82 Å². The first-order valence-corrected chi connectivity index (χ1v) is 9.93. The fraction of sp³-hybridized carbons (Fsp3) is 0.667. The first kappa shape index (κ1) is 16.7. The molecule has 0 spiro atoms. The molecule has 0 bridgehead atoms. The maximum Gasteiger partial charge on any atom is 0.430 e. The van der Waals surface area contributed by atoms with E-state index in [4.69, 9.17) is 4.74 Å². The molecule has 6 nitrogen and oxygen atoms in total. The summed E-state index contributed by atoms with van der Waals surface area (Å²) in [5.74, 6) is 0.107. The molecule has 21 heavy (non-hydrogen) atoms. The van der Waals surface area contributed by atoms with Crippen molar-refractivity contribution >= 4 is 49.2 Å². The SMILES string of the molecule is CC(C)(C)OC(=O)N(c1csc(CBr)n1)S(=O)(=O)C1CC1. The zero-order chi connectivity index (χ0) is 15.8. The van der Waals surface area contributed by atoms with Crippen LogP contribution in [0.15, 0.2) is 5.38 Å². The molecule has 118 valence electrons. The van der Waals surface area contributed by atoms with Crippen LogP contribution >= 0.6 is 27.3 Å². The van der Waals surface area contributed by atoms with Crippen LogP contribution in [-0.4, -0.2) is 30.3 Å². The molecule has 9 heteroatoms.